The third kappa shape index (κ3) is 5.98. The van der Waals surface area contributed by atoms with E-state index in [2.05, 4.69) is 32.5 Å². The van der Waals surface area contributed by atoms with E-state index in [1.165, 1.54) is 4.68 Å². The molecule has 2 aromatic carbocycles. The van der Waals surface area contributed by atoms with Gasteiger partial charge >= 0.3 is 5.97 Å². The van der Waals surface area contributed by atoms with Crippen LogP contribution in [0.5, 0.6) is 5.75 Å². The zero-order valence-corrected chi connectivity index (χ0v) is 24.7. The van der Waals surface area contributed by atoms with E-state index in [0.29, 0.717) is 29.1 Å². The second kappa shape index (κ2) is 12.0. The zero-order valence-electron chi connectivity index (χ0n) is 23.1. The van der Waals surface area contributed by atoms with Crippen molar-refractivity contribution in [3.63, 3.8) is 0 Å². The number of aromatic nitrogens is 3. The highest BCUT2D eigenvalue weighted by Crippen LogP contribution is 2.24. The Morgan fingerprint density at radius 3 is 2.49 bits per heavy atom. The molecule has 4 rings (SSSR count). The summed E-state index contributed by atoms with van der Waals surface area (Å²) in [7, 11) is 0. The Kier molecular flexibility index (Phi) is 8.70. The highest BCUT2D eigenvalue weighted by Gasteiger charge is 2.18. The highest BCUT2D eigenvalue weighted by atomic mass is 79.9. The summed E-state index contributed by atoms with van der Waals surface area (Å²) in [6.45, 7) is 11.9. The van der Waals surface area contributed by atoms with Gasteiger partial charge in [0.15, 0.2) is 6.10 Å². The number of halogens is 1. The van der Waals surface area contributed by atoms with Crippen LogP contribution in [-0.2, 0) is 9.53 Å². The third-order valence-electron chi connectivity index (χ3n) is 6.70. The minimum atomic E-state index is -0.692. The van der Waals surface area contributed by atoms with Crippen molar-refractivity contribution >= 4 is 39.0 Å². The molecule has 39 heavy (non-hydrogen) atoms. The van der Waals surface area contributed by atoms with Crippen molar-refractivity contribution < 1.29 is 14.3 Å². The summed E-state index contributed by atoms with van der Waals surface area (Å²) in [6.07, 6.45) is 1.86. The number of nitrogens with zero attached hydrogens (tertiary/aromatic N) is 4. The van der Waals surface area contributed by atoms with Gasteiger partial charge in [0.2, 0.25) is 0 Å². The number of rotatable bonds is 9. The molecular weight excluding hydrogens is 560 g/mol. The third-order valence-corrected chi connectivity index (χ3v) is 7.19. The first kappa shape index (κ1) is 28.3. The standard InChI is InChI=1S/C30H33BrN4O4/c1-7-18(3)28-33-27-14-9-23(31)16-26(27)29(36)35(28)32-17-22-15-19(4)34(20(22)5)24-10-12-25(13-11-24)39-21(6)30(37)38-8-2/h9-18,21H,7-8H2,1-6H3/t18-,21+/m0/s1. The Morgan fingerprint density at radius 2 is 1.82 bits per heavy atom. The van der Waals surface area contributed by atoms with Crippen molar-refractivity contribution in [1.29, 1.82) is 0 Å². The Balaban J connectivity index is 1.67. The van der Waals surface area contributed by atoms with E-state index in [0.717, 1.165) is 33.5 Å². The maximum absolute atomic E-state index is 13.5. The number of benzene rings is 2. The molecular formula is C30H33BrN4O4. The van der Waals surface area contributed by atoms with Crippen LogP contribution in [0.4, 0.5) is 0 Å². The average molecular weight is 594 g/mol. The minimum absolute atomic E-state index is 0.0580. The maximum Gasteiger partial charge on any atom is 0.347 e. The van der Waals surface area contributed by atoms with Gasteiger partial charge in [-0.25, -0.2) is 9.78 Å². The van der Waals surface area contributed by atoms with Gasteiger partial charge in [-0.2, -0.15) is 9.78 Å². The lowest BCUT2D eigenvalue weighted by atomic mass is 10.1. The molecule has 0 spiro atoms. The van der Waals surface area contributed by atoms with Crippen LogP contribution in [0.15, 0.2) is 62.9 Å². The quantitative estimate of drug-likeness (QED) is 0.168. The summed E-state index contributed by atoms with van der Waals surface area (Å²) >= 11 is 3.45. The van der Waals surface area contributed by atoms with Crippen molar-refractivity contribution in [3.05, 3.63) is 86.1 Å². The Bertz CT molecular complexity index is 1590. The zero-order chi connectivity index (χ0) is 28.3. The van der Waals surface area contributed by atoms with E-state index in [-0.39, 0.29) is 11.5 Å². The number of ether oxygens (including phenoxy) is 2. The van der Waals surface area contributed by atoms with Crippen LogP contribution >= 0.6 is 15.9 Å². The maximum atomic E-state index is 13.5. The largest absolute Gasteiger partial charge is 0.479 e. The van der Waals surface area contributed by atoms with Crippen molar-refractivity contribution in [1.82, 2.24) is 14.2 Å². The number of esters is 1. The molecule has 0 unspecified atom stereocenters. The second-order valence-corrected chi connectivity index (χ2v) is 10.4. The van der Waals surface area contributed by atoms with Crippen LogP contribution in [0.25, 0.3) is 16.6 Å². The average Bonchev–Trinajstić information content (AvgIpc) is 3.20. The number of carbonyl (C=O) groups is 1. The van der Waals surface area contributed by atoms with Gasteiger partial charge in [0.1, 0.15) is 11.6 Å². The first-order valence-corrected chi connectivity index (χ1v) is 13.8. The number of hydrogen-bond acceptors (Lipinski definition) is 6. The van der Waals surface area contributed by atoms with Gasteiger partial charge in [-0.1, -0.05) is 29.8 Å². The first-order chi connectivity index (χ1) is 18.6. The summed E-state index contributed by atoms with van der Waals surface area (Å²) in [5, 5.41) is 5.15. The SMILES string of the molecule is CCOC(=O)[C@@H](C)Oc1ccc(-n2c(C)cc(C=Nn3c([C@@H](C)CC)nc4ccc(Br)cc4c3=O)c2C)cc1. The van der Waals surface area contributed by atoms with E-state index >= 15 is 0 Å². The number of hydrogen-bond donors (Lipinski definition) is 0. The number of fused-ring (bicyclic) bond motifs is 1. The smallest absolute Gasteiger partial charge is 0.347 e. The molecule has 2 heterocycles. The lowest BCUT2D eigenvalue weighted by Crippen LogP contribution is -2.26. The van der Waals surface area contributed by atoms with Crippen molar-refractivity contribution in [2.75, 3.05) is 6.61 Å². The number of carbonyl (C=O) groups excluding carboxylic acids is 1. The molecule has 0 saturated heterocycles. The fraction of sp³-hybridized carbons (Fsp3) is 0.333. The summed E-state index contributed by atoms with van der Waals surface area (Å²) in [6, 6.07) is 15.1. The van der Waals surface area contributed by atoms with Crippen molar-refractivity contribution in [2.24, 2.45) is 5.10 Å². The van der Waals surface area contributed by atoms with E-state index < -0.39 is 12.1 Å². The van der Waals surface area contributed by atoms with Crippen molar-refractivity contribution in [2.45, 2.75) is 60.0 Å². The van der Waals surface area contributed by atoms with Gasteiger partial charge in [-0.05, 0) is 82.6 Å². The Hall–Kier alpha value is -3.72. The summed E-state index contributed by atoms with van der Waals surface area (Å²) < 4.78 is 15.1. The van der Waals surface area contributed by atoms with E-state index in [4.69, 9.17) is 14.5 Å². The molecule has 4 aromatic rings. The molecule has 204 valence electrons. The molecule has 0 aliphatic heterocycles. The van der Waals surface area contributed by atoms with Crippen LogP contribution in [0, 0.1) is 13.8 Å². The van der Waals surface area contributed by atoms with Gasteiger partial charge in [0, 0.05) is 33.0 Å². The molecule has 2 atom stereocenters. The number of aryl methyl sites for hydroxylation is 1. The molecule has 0 N–H and O–H groups in total. The lowest BCUT2D eigenvalue weighted by molar-refractivity contribution is -0.150. The molecule has 0 fully saturated rings. The minimum Gasteiger partial charge on any atom is -0.479 e. The van der Waals surface area contributed by atoms with E-state index in [1.54, 1.807) is 26.1 Å². The predicted octanol–water partition coefficient (Wildman–Crippen LogP) is 6.29. The van der Waals surface area contributed by atoms with Gasteiger partial charge in [-0.15, -0.1) is 0 Å². The molecule has 0 radical (unpaired) electrons. The van der Waals surface area contributed by atoms with Gasteiger partial charge in [0.25, 0.3) is 5.56 Å². The highest BCUT2D eigenvalue weighted by molar-refractivity contribution is 9.10. The van der Waals surface area contributed by atoms with Crippen LogP contribution in [0.3, 0.4) is 0 Å². The normalized spacial score (nSPS) is 13.1. The Labute approximate surface area is 236 Å². The second-order valence-electron chi connectivity index (χ2n) is 9.47. The topological polar surface area (TPSA) is 87.7 Å². The van der Waals surface area contributed by atoms with E-state index in [1.807, 2.05) is 63.2 Å². The summed E-state index contributed by atoms with van der Waals surface area (Å²) in [5.41, 5.74) is 4.27. The monoisotopic (exact) mass is 592 g/mol. The molecule has 9 heteroatoms. The summed E-state index contributed by atoms with van der Waals surface area (Å²) in [5.74, 6) is 0.876. The van der Waals surface area contributed by atoms with Gasteiger partial charge < -0.3 is 14.0 Å². The predicted molar refractivity (Wildman–Crippen MR) is 157 cm³/mol. The molecule has 0 amide bonds. The fourth-order valence-corrected chi connectivity index (χ4v) is 4.76. The molecule has 0 saturated carbocycles. The van der Waals surface area contributed by atoms with Gasteiger partial charge in [-0.3, -0.25) is 4.79 Å². The van der Waals surface area contributed by atoms with Crippen LogP contribution in [-0.4, -0.2) is 39.1 Å². The first-order valence-electron chi connectivity index (χ1n) is 13.0. The van der Waals surface area contributed by atoms with Crippen LogP contribution in [0.1, 0.15) is 62.8 Å². The fourth-order valence-electron chi connectivity index (χ4n) is 4.40. The van der Waals surface area contributed by atoms with Crippen molar-refractivity contribution in [3.8, 4) is 11.4 Å². The molecule has 2 aromatic heterocycles. The summed E-state index contributed by atoms with van der Waals surface area (Å²) in [4.78, 5) is 30.1. The lowest BCUT2D eigenvalue weighted by Gasteiger charge is -2.15. The van der Waals surface area contributed by atoms with Crippen LogP contribution < -0.4 is 10.3 Å². The van der Waals surface area contributed by atoms with Crippen LogP contribution in [0.2, 0.25) is 0 Å². The molecule has 0 bridgehead atoms. The van der Waals surface area contributed by atoms with Gasteiger partial charge in [0.05, 0.1) is 23.7 Å². The molecule has 8 nitrogen and oxygen atoms in total. The Morgan fingerprint density at radius 1 is 1.10 bits per heavy atom. The van der Waals surface area contributed by atoms with E-state index in [9.17, 15) is 9.59 Å². The molecule has 0 aliphatic carbocycles. The molecule has 0 aliphatic rings.